The van der Waals surface area contributed by atoms with Gasteiger partial charge in [-0.3, -0.25) is 9.59 Å². The van der Waals surface area contributed by atoms with Crippen molar-refractivity contribution >= 4 is 79.5 Å². The van der Waals surface area contributed by atoms with Crippen LogP contribution in [-0.4, -0.2) is 137 Å². The number of anilines is 3. The molecule has 4 aromatic carbocycles. The zero-order chi connectivity index (χ0) is 74.0. The molecule has 540 valence electrons. The Morgan fingerprint density at radius 3 is 1.36 bits per heavy atom. The maximum absolute atomic E-state index is 13.1. The summed E-state index contributed by atoms with van der Waals surface area (Å²) in [6, 6.07) is 34.1. The van der Waals surface area contributed by atoms with Crippen LogP contribution in [-0.2, 0) is 34.9 Å². The van der Waals surface area contributed by atoms with Gasteiger partial charge in [0.2, 0.25) is 0 Å². The van der Waals surface area contributed by atoms with Crippen LogP contribution in [0, 0.1) is 0 Å². The van der Waals surface area contributed by atoms with Crippen molar-refractivity contribution in [3.63, 3.8) is 0 Å². The topological polar surface area (TPSA) is 279 Å². The van der Waals surface area contributed by atoms with Crippen molar-refractivity contribution in [3.05, 3.63) is 196 Å². The van der Waals surface area contributed by atoms with Gasteiger partial charge in [-0.25, -0.2) is 38.9 Å². The fraction of sp³-hybridized carbons (Fsp3) is 0.306. The normalized spacial score (nSPS) is 14.6. The summed E-state index contributed by atoms with van der Waals surface area (Å²) in [5.41, 5.74) is 6.37. The van der Waals surface area contributed by atoms with Crippen molar-refractivity contribution in [2.75, 3.05) is 56.3 Å². The third-order valence-electron chi connectivity index (χ3n) is 15.5. The minimum Gasteiger partial charge on any atom is -0.497 e. The number of ether oxygens (including phenoxy) is 6. The van der Waals surface area contributed by atoms with E-state index < -0.39 is 46.5 Å². The van der Waals surface area contributed by atoms with Crippen LogP contribution in [0.3, 0.4) is 0 Å². The summed E-state index contributed by atoms with van der Waals surface area (Å²) in [6.07, 6.45) is -3.01. The van der Waals surface area contributed by atoms with E-state index in [1.54, 1.807) is 82.2 Å². The number of rotatable bonds is 16. The van der Waals surface area contributed by atoms with Crippen molar-refractivity contribution in [2.24, 2.45) is 5.73 Å². The molecule has 103 heavy (non-hydrogen) atoms. The summed E-state index contributed by atoms with van der Waals surface area (Å²) < 4.78 is 116. The first-order valence-corrected chi connectivity index (χ1v) is 33.0. The highest BCUT2D eigenvalue weighted by Gasteiger charge is 2.34. The number of carbonyl (C=O) groups excluding carboxylic acids is 4. The van der Waals surface area contributed by atoms with Crippen molar-refractivity contribution < 1.29 is 73.9 Å². The van der Waals surface area contributed by atoms with Gasteiger partial charge in [-0.2, -0.15) is 36.5 Å². The largest absolute Gasteiger partial charge is 0.497 e. The Hall–Kier alpha value is -11.1. The Morgan fingerprint density at radius 1 is 0.524 bits per heavy atom. The van der Waals surface area contributed by atoms with E-state index in [4.69, 9.17) is 39.3 Å². The van der Waals surface area contributed by atoms with Gasteiger partial charge in [-0.1, -0.05) is 24.3 Å². The quantitative estimate of drug-likeness (QED) is 0.0654. The van der Waals surface area contributed by atoms with Crippen LogP contribution in [0.2, 0.25) is 0 Å². The number of hydrogen-bond donors (Lipinski definition) is 4. The maximum Gasteiger partial charge on any atom is 0.416 e. The van der Waals surface area contributed by atoms with E-state index in [0.29, 0.717) is 94.6 Å². The van der Waals surface area contributed by atoms with Gasteiger partial charge in [0, 0.05) is 86.3 Å². The highest BCUT2D eigenvalue weighted by atomic mass is 79.9. The first-order valence-electron chi connectivity index (χ1n) is 32.2. The third-order valence-corrected chi connectivity index (χ3v) is 16.1. The summed E-state index contributed by atoms with van der Waals surface area (Å²) in [4.78, 5) is 69.6. The molecule has 2 fully saturated rings. The first kappa shape index (κ1) is 74.6. The van der Waals surface area contributed by atoms with E-state index in [0.717, 1.165) is 72.3 Å². The molecule has 12 rings (SSSR count). The smallest absolute Gasteiger partial charge is 0.416 e. The molecule has 0 unspecified atom stereocenters. The average molecular weight is 1490 g/mol. The van der Waals surface area contributed by atoms with Crippen LogP contribution >= 0.6 is 15.9 Å². The zero-order valence-electron chi connectivity index (χ0n) is 57.1. The third kappa shape index (κ3) is 20.1. The van der Waals surface area contributed by atoms with Crippen LogP contribution in [0.4, 0.5) is 53.4 Å². The molecule has 0 radical (unpaired) electrons. The lowest BCUT2D eigenvalue weighted by Crippen LogP contribution is -2.36. The fourth-order valence-corrected chi connectivity index (χ4v) is 11.1. The van der Waals surface area contributed by atoms with Crippen LogP contribution in [0.5, 0.6) is 34.5 Å². The highest BCUT2D eigenvalue weighted by molar-refractivity contribution is 9.10. The van der Waals surface area contributed by atoms with Crippen LogP contribution in [0.15, 0.2) is 163 Å². The van der Waals surface area contributed by atoms with E-state index >= 15 is 0 Å². The summed E-state index contributed by atoms with van der Waals surface area (Å²) in [5, 5.41) is 19.0. The number of carbonyl (C=O) groups is 4. The second kappa shape index (κ2) is 31.9. The van der Waals surface area contributed by atoms with Gasteiger partial charge in [-0.05, 0) is 179 Å². The Labute approximate surface area is 595 Å². The van der Waals surface area contributed by atoms with Crippen LogP contribution in [0.1, 0.15) is 97.4 Å². The van der Waals surface area contributed by atoms with Crippen LogP contribution < -0.4 is 40.6 Å². The lowest BCUT2D eigenvalue weighted by Gasteiger charge is -2.24. The number of nitrogens with two attached hydrogens (primary N) is 1. The molecule has 2 aliphatic heterocycles. The molecule has 31 heteroatoms. The predicted molar refractivity (Wildman–Crippen MR) is 375 cm³/mol. The fourth-order valence-electron chi connectivity index (χ4n) is 10.6. The predicted octanol–water partition coefficient (Wildman–Crippen LogP) is 15.0. The van der Waals surface area contributed by atoms with Gasteiger partial charge in [-0.15, -0.1) is 0 Å². The molecule has 24 nitrogen and oxygen atoms in total. The number of hydrogen-bond acceptors (Lipinski definition) is 18. The number of aromatic nitrogens is 8. The molecule has 8 heterocycles. The zero-order valence-corrected chi connectivity index (χ0v) is 58.7. The SMILES string of the molecule is CC(C)(C)OC(=O)N1CC[C@@H](N)C1.COc1ccc(Cn2nc(Br)c3c(Oc4ccc(C(=O)Nc5cc(C(F)(F)F)ccn5)cc4)ccnc32)cc1.COc1ccc(Cn2nc(N[C@@H]3CCN(C(=O)OC(C)(C)C)C3)c3c(Oc4ccc(C(=O)Nc5cc(C(F)(F)F)ccn5)cc4)ccnc32)cc1. The number of benzene rings is 4. The molecule has 4 amide bonds. The molecule has 0 bridgehead atoms. The molecule has 6 aromatic heterocycles. The molecule has 0 aliphatic carbocycles. The Morgan fingerprint density at radius 2 is 0.932 bits per heavy atom. The van der Waals surface area contributed by atoms with Gasteiger partial charge in [0.25, 0.3) is 11.8 Å². The molecule has 0 spiro atoms. The first-order chi connectivity index (χ1) is 48.8. The number of amides is 4. The van der Waals surface area contributed by atoms with E-state index in [2.05, 4.69) is 56.9 Å². The minimum atomic E-state index is -4.57. The molecule has 0 saturated carbocycles. The van der Waals surface area contributed by atoms with Gasteiger partial charge in [0.15, 0.2) is 17.1 Å². The summed E-state index contributed by atoms with van der Waals surface area (Å²) >= 11 is 3.50. The lowest BCUT2D eigenvalue weighted by atomic mass is 10.2. The maximum atomic E-state index is 13.1. The second-order valence-electron chi connectivity index (χ2n) is 25.7. The van der Waals surface area contributed by atoms with Crippen molar-refractivity contribution in [1.82, 2.24) is 49.3 Å². The summed E-state index contributed by atoms with van der Waals surface area (Å²) in [6.45, 7) is 14.2. The molecule has 2 saturated heterocycles. The van der Waals surface area contributed by atoms with E-state index in [1.807, 2.05) is 90.1 Å². The van der Waals surface area contributed by atoms with Gasteiger partial charge in [0.1, 0.15) is 67.3 Å². The second-order valence-corrected chi connectivity index (χ2v) is 26.5. The number of methoxy groups -OCH3 is 2. The number of nitrogens with one attached hydrogen (secondary N) is 3. The Balaban J connectivity index is 0.000000193. The van der Waals surface area contributed by atoms with Crippen molar-refractivity contribution in [3.8, 4) is 34.5 Å². The van der Waals surface area contributed by atoms with Crippen molar-refractivity contribution in [2.45, 2.75) is 103 Å². The molecule has 2 atom stereocenters. The Bertz CT molecular complexity index is 4630. The minimum absolute atomic E-state index is 0.118. The van der Waals surface area contributed by atoms with Gasteiger partial charge >= 0.3 is 24.5 Å². The van der Waals surface area contributed by atoms with Crippen LogP contribution in [0.25, 0.3) is 22.1 Å². The average Bonchev–Trinajstić information content (AvgIpc) is 1.63. The summed E-state index contributed by atoms with van der Waals surface area (Å²) in [5.74, 6) is 2.10. The molecular formula is C72H73BrF6N14O10. The molecule has 2 aliphatic rings. The van der Waals surface area contributed by atoms with E-state index in [9.17, 15) is 45.5 Å². The highest BCUT2D eigenvalue weighted by Crippen LogP contribution is 2.38. The summed E-state index contributed by atoms with van der Waals surface area (Å²) in [7, 11) is 3.21. The monoisotopic (exact) mass is 1490 g/mol. The van der Waals surface area contributed by atoms with Crippen molar-refractivity contribution in [1.29, 1.82) is 0 Å². The van der Waals surface area contributed by atoms with E-state index in [1.165, 1.54) is 24.3 Å². The number of alkyl halides is 6. The standard InChI is InChI=1S/C36H36F3N7O5.C27H19BrF3N5O3.C9H18N2O2/c1-35(2,3)51-34(48)45-18-15-25(21-45)42-31-30-28(14-17-41-32(30)46(44-31)20-22-5-9-26(49-4)10-6-22)50-27-11-7-23(8-12-27)33(47)43-29-19-24(13-16-40-29)36(37,38)39;1-38-19-6-2-16(3-7-19)15-36-25-23(24(28)35-36)21(11-13-33-25)39-20-8-4-17(5-9-20)26(37)34-22-14-18(10-12-32-22)27(29,30)31;1-9(2,3)13-8(12)11-5-4-7(10)6-11/h5-14,16-17,19,25H,15,18,20-21H2,1-4H3,(H,42,44)(H,40,43,47);2-14H,15H2,1H3,(H,32,34,37);7H,4-6,10H2,1-3H3/t25-;;7-/m1.1/s1. The van der Waals surface area contributed by atoms with Gasteiger partial charge < -0.3 is 59.9 Å². The molecule has 5 N–H and O–H groups in total. The molecule has 10 aromatic rings. The number of likely N-dealkylation sites (tertiary alicyclic amines) is 2. The van der Waals surface area contributed by atoms with Gasteiger partial charge in [0.05, 0.1) is 43.8 Å². The number of halogens is 7. The molecular weight excluding hydrogens is 1410 g/mol. The number of fused-ring (bicyclic) bond motifs is 2. The lowest BCUT2D eigenvalue weighted by molar-refractivity contribution is -0.138. The Kier molecular flexibility index (Phi) is 23.1. The number of nitrogens with zero attached hydrogens (tertiary/aromatic N) is 10. The number of pyridine rings is 4. The van der Waals surface area contributed by atoms with E-state index in [-0.39, 0.29) is 47.0 Å².